The van der Waals surface area contributed by atoms with Gasteiger partial charge in [0.25, 0.3) is 0 Å². The monoisotopic (exact) mass is 239 g/mol. The Kier molecular flexibility index (Phi) is 4.45. The van der Waals surface area contributed by atoms with Crippen LogP contribution in [0.3, 0.4) is 0 Å². The zero-order valence-electron chi connectivity index (χ0n) is 10.5. The van der Waals surface area contributed by atoms with Crippen molar-refractivity contribution in [2.45, 2.75) is 26.9 Å². The molecule has 0 aliphatic heterocycles. The molecule has 0 bridgehead atoms. The number of aromatic nitrogens is 1. The van der Waals surface area contributed by atoms with E-state index in [1.54, 1.807) is 33.9 Å². The Labute approximate surface area is 100 Å². The summed E-state index contributed by atoms with van der Waals surface area (Å²) in [5.41, 5.74) is 1.48. The molecule has 0 aliphatic carbocycles. The van der Waals surface area contributed by atoms with E-state index in [1.165, 1.54) is 0 Å². The molecule has 0 aromatic carbocycles. The van der Waals surface area contributed by atoms with Gasteiger partial charge in [0.1, 0.15) is 11.7 Å². The molecule has 5 heteroatoms. The van der Waals surface area contributed by atoms with Crippen LogP contribution in [0.2, 0.25) is 0 Å². The molecule has 94 valence electrons. The van der Waals surface area contributed by atoms with E-state index in [-0.39, 0.29) is 17.5 Å². The molecule has 0 radical (unpaired) electrons. The van der Waals surface area contributed by atoms with Crippen molar-refractivity contribution in [1.29, 1.82) is 0 Å². The number of carbonyl (C=O) groups is 1. The lowest BCUT2D eigenvalue weighted by Gasteiger charge is -2.16. The van der Waals surface area contributed by atoms with Crippen molar-refractivity contribution < 1.29 is 19.4 Å². The standard InChI is InChI=1S/C12H17NO4/c1-7-5-8(2)13-11(10(7)12(14)15)17-9(3)6-16-4/h5,9H,6H2,1-4H3,(H,14,15). The topological polar surface area (TPSA) is 68.7 Å². The van der Waals surface area contributed by atoms with Gasteiger partial charge >= 0.3 is 5.97 Å². The van der Waals surface area contributed by atoms with Gasteiger partial charge in [-0.2, -0.15) is 0 Å². The second kappa shape index (κ2) is 5.63. The van der Waals surface area contributed by atoms with Crippen molar-refractivity contribution in [1.82, 2.24) is 4.98 Å². The van der Waals surface area contributed by atoms with Crippen LogP contribution >= 0.6 is 0 Å². The predicted octanol–water partition coefficient (Wildman–Crippen LogP) is 1.81. The van der Waals surface area contributed by atoms with Crippen LogP contribution in [0, 0.1) is 13.8 Å². The van der Waals surface area contributed by atoms with Crippen LogP contribution in [0.1, 0.15) is 28.5 Å². The minimum atomic E-state index is -1.03. The number of hydrogen-bond acceptors (Lipinski definition) is 4. The zero-order chi connectivity index (χ0) is 13.0. The summed E-state index contributed by atoms with van der Waals surface area (Å²) in [5.74, 6) is -0.880. The first-order valence-corrected chi connectivity index (χ1v) is 5.32. The largest absolute Gasteiger partial charge is 0.477 e. The molecule has 0 fully saturated rings. The molecule has 1 aromatic heterocycles. The Bertz CT molecular complexity index is 417. The van der Waals surface area contributed by atoms with Crippen molar-refractivity contribution in [2.24, 2.45) is 0 Å². The van der Waals surface area contributed by atoms with Crippen molar-refractivity contribution in [2.75, 3.05) is 13.7 Å². The van der Waals surface area contributed by atoms with Crippen LogP contribution in [-0.2, 0) is 4.74 Å². The van der Waals surface area contributed by atoms with E-state index in [2.05, 4.69) is 4.98 Å². The van der Waals surface area contributed by atoms with Crippen molar-refractivity contribution in [3.8, 4) is 5.88 Å². The Hall–Kier alpha value is -1.62. The first kappa shape index (κ1) is 13.4. The fourth-order valence-corrected chi connectivity index (χ4v) is 1.61. The summed E-state index contributed by atoms with van der Waals surface area (Å²) in [6, 6.07) is 1.72. The lowest BCUT2D eigenvalue weighted by Crippen LogP contribution is -2.21. The van der Waals surface area contributed by atoms with Gasteiger partial charge in [-0.05, 0) is 32.4 Å². The van der Waals surface area contributed by atoms with E-state index in [9.17, 15) is 4.79 Å². The van der Waals surface area contributed by atoms with Crippen LogP contribution in [0.25, 0.3) is 0 Å². The van der Waals surface area contributed by atoms with E-state index in [4.69, 9.17) is 14.6 Å². The minimum Gasteiger partial charge on any atom is -0.477 e. The lowest BCUT2D eigenvalue weighted by atomic mass is 10.1. The molecule has 0 aliphatic rings. The Balaban J connectivity index is 3.08. The quantitative estimate of drug-likeness (QED) is 0.848. The van der Waals surface area contributed by atoms with E-state index in [0.29, 0.717) is 12.2 Å². The highest BCUT2D eigenvalue weighted by molar-refractivity contribution is 5.91. The highest BCUT2D eigenvalue weighted by Gasteiger charge is 2.18. The maximum atomic E-state index is 11.1. The minimum absolute atomic E-state index is 0.110. The maximum Gasteiger partial charge on any atom is 0.341 e. The second-order valence-electron chi connectivity index (χ2n) is 3.95. The van der Waals surface area contributed by atoms with E-state index in [0.717, 1.165) is 5.69 Å². The molecule has 17 heavy (non-hydrogen) atoms. The van der Waals surface area contributed by atoms with Gasteiger partial charge in [-0.3, -0.25) is 0 Å². The summed E-state index contributed by atoms with van der Waals surface area (Å²) in [5, 5.41) is 9.13. The van der Waals surface area contributed by atoms with Gasteiger partial charge in [-0.25, -0.2) is 9.78 Å². The van der Waals surface area contributed by atoms with Gasteiger partial charge in [-0.1, -0.05) is 0 Å². The fraction of sp³-hybridized carbons (Fsp3) is 0.500. The Morgan fingerprint density at radius 3 is 2.71 bits per heavy atom. The summed E-state index contributed by atoms with van der Waals surface area (Å²) in [4.78, 5) is 15.3. The van der Waals surface area contributed by atoms with Gasteiger partial charge in [0.15, 0.2) is 0 Å². The molecule has 1 aromatic rings. The van der Waals surface area contributed by atoms with Crippen molar-refractivity contribution >= 4 is 5.97 Å². The van der Waals surface area contributed by atoms with Gasteiger partial charge < -0.3 is 14.6 Å². The first-order chi connectivity index (χ1) is 7.95. The molecule has 0 saturated heterocycles. The van der Waals surface area contributed by atoms with E-state index >= 15 is 0 Å². The number of pyridine rings is 1. The number of methoxy groups -OCH3 is 1. The Morgan fingerprint density at radius 1 is 1.53 bits per heavy atom. The van der Waals surface area contributed by atoms with Gasteiger partial charge in [0.05, 0.1) is 6.61 Å². The molecule has 1 rings (SSSR count). The zero-order valence-corrected chi connectivity index (χ0v) is 10.5. The number of hydrogen-bond donors (Lipinski definition) is 1. The SMILES string of the molecule is COCC(C)Oc1nc(C)cc(C)c1C(=O)O. The molecule has 1 atom stereocenters. The molecular weight excluding hydrogens is 222 g/mol. The Morgan fingerprint density at radius 2 is 2.18 bits per heavy atom. The molecule has 0 saturated carbocycles. The third kappa shape index (κ3) is 3.42. The second-order valence-corrected chi connectivity index (χ2v) is 3.95. The summed E-state index contributed by atoms with van der Waals surface area (Å²) in [7, 11) is 1.56. The van der Waals surface area contributed by atoms with E-state index < -0.39 is 5.97 Å². The third-order valence-electron chi connectivity index (χ3n) is 2.24. The number of carboxylic acids is 1. The average molecular weight is 239 g/mol. The highest BCUT2D eigenvalue weighted by atomic mass is 16.5. The number of ether oxygens (including phenoxy) is 2. The number of aromatic carboxylic acids is 1. The van der Waals surface area contributed by atoms with Crippen molar-refractivity contribution in [3.05, 3.63) is 22.9 Å². The summed E-state index contributed by atoms with van der Waals surface area (Å²) >= 11 is 0. The first-order valence-electron chi connectivity index (χ1n) is 5.32. The maximum absolute atomic E-state index is 11.1. The lowest BCUT2D eigenvalue weighted by molar-refractivity contribution is 0.0666. The molecule has 1 N–H and O–H groups in total. The van der Waals surface area contributed by atoms with Crippen LogP contribution in [-0.4, -0.2) is 35.9 Å². The predicted molar refractivity (Wildman–Crippen MR) is 62.6 cm³/mol. The van der Waals surface area contributed by atoms with Crippen LogP contribution in [0.4, 0.5) is 0 Å². The number of carboxylic acid groups (broad SMARTS) is 1. The number of nitrogens with zero attached hydrogens (tertiary/aromatic N) is 1. The summed E-state index contributed by atoms with van der Waals surface area (Å²) in [6.07, 6.45) is -0.244. The van der Waals surface area contributed by atoms with Crippen LogP contribution < -0.4 is 4.74 Å². The molecule has 0 spiro atoms. The smallest absolute Gasteiger partial charge is 0.341 e. The fourth-order valence-electron chi connectivity index (χ4n) is 1.61. The number of rotatable bonds is 5. The van der Waals surface area contributed by atoms with Crippen LogP contribution in [0.5, 0.6) is 5.88 Å². The van der Waals surface area contributed by atoms with Gasteiger partial charge in [0, 0.05) is 12.8 Å². The normalized spacial score (nSPS) is 12.2. The highest BCUT2D eigenvalue weighted by Crippen LogP contribution is 2.22. The van der Waals surface area contributed by atoms with Crippen LogP contribution in [0.15, 0.2) is 6.07 Å². The molecular formula is C12H17NO4. The molecule has 0 amide bonds. The third-order valence-corrected chi connectivity index (χ3v) is 2.24. The molecule has 1 heterocycles. The average Bonchev–Trinajstić information content (AvgIpc) is 2.15. The molecule has 1 unspecified atom stereocenters. The van der Waals surface area contributed by atoms with E-state index in [1.807, 2.05) is 0 Å². The molecule has 5 nitrogen and oxygen atoms in total. The number of aryl methyl sites for hydroxylation is 2. The van der Waals surface area contributed by atoms with Crippen molar-refractivity contribution in [3.63, 3.8) is 0 Å². The summed E-state index contributed by atoms with van der Waals surface area (Å²) < 4.78 is 10.4. The van der Waals surface area contributed by atoms with Gasteiger partial charge in [0.2, 0.25) is 5.88 Å². The summed E-state index contributed by atoms with van der Waals surface area (Å²) in [6.45, 7) is 5.71. The van der Waals surface area contributed by atoms with Gasteiger partial charge in [-0.15, -0.1) is 0 Å².